The number of H-pyrrole nitrogens is 2. The zero-order valence-corrected chi connectivity index (χ0v) is 22.4. The first kappa shape index (κ1) is 27.1. The summed E-state index contributed by atoms with van der Waals surface area (Å²) in [5, 5.41) is 5.75. The normalized spacial score (nSPS) is 11.0. The molecule has 208 valence electrons. The molecule has 0 saturated carbocycles. The van der Waals surface area contributed by atoms with Crippen LogP contribution in [0.2, 0.25) is 0 Å². The maximum Gasteiger partial charge on any atom is 0.356 e. The second-order valence-corrected chi connectivity index (χ2v) is 8.91. The highest BCUT2D eigenvalue weighted by molar-refractivity contribution is 5.92. The number of esters is 2. The topological polar surface area (TPSA) is 141 Å². The molecule has 0 aliphatic rings. The molecule has 3 heterocycles. The van der Waals surface area contributed by atoms with Crippen molar-refractivity contribution in [1.82, 2.24) is 24.5 Å². The lowest BCUT2D eigenvalue weighted by atomic mass is 9.85. The molecule has 5 rings (SSSR count). The van der Waals surface area contributed by atoms with E-state index in [1.807, 2.05) is 0 Å². The third-order valence-electron chi connectivity index (χ3n) is 6.44. The highest BCUT2D eigenvalue weighted by Crippen LogP contribution is 2.33. The minimum atomic E-state index is -1.20. The van der Waals surface area contributed by atoms with Gasteiger partial charge in [-0.3, -0.25) is 24.8 Å². The number of hydrogen-bond donors (Lipinski definition) is 2. The van der Waals surface area contributed by atoms with Crippen LogP contribution in [0.25, 0.3) is 11.4 Å². The lowest BCUT2D eigenvalue weighted by Gasteiger charge is -2.16. The Balaban J connectivity index is 1.87. The van der Waals surface area contributed by atoms with Crippen LogP contribution in [0.1, 0.15) is 57.4 Å². The van der Waals surface area contributed by atoms with Crippen LogP contribution in [0.15, 0.2) is 94.8 Å². The number of rotatable bonds is 9. The standard InChI is InChI=1S/C30H27N5O6/c1-3-40-29(38)25-23(27(36)34(32-25)20-13-7-5-8-14-20)22(19-12-11-17-31-18-19)24-26(30(39)41-4-2)33-35(28(24)37)21-15-9-6-10-16-21/h5-18,22,32-33H,3-4H2,1-2H3. The summed E-state index contributed by atoms with van der Waals surface area (Å²) in [4.78, 5) is 59.0. The van der Waals surface area contributed by atoms with E-state index in [9.17, 15) is 19.2 Å². The molecule has 0 saturated heterocycles. The zero-order chi connectivity index (χ0) is 28.9. The predicted octanol–water partition coefficient (Wildman–Crippen LogP) is 3.57. The van der Waals surface area contributed by atoms with Crippen LogP contribution in [-0.4, -0.2) is 49.7 Å². The fourth-order valence-electron chi connectivity index (χ4n) is 4.70. The summed E-state index contributed by atoms with van der Waals surface area (Å²) in [6.07, 6.45) is 3.02. The van der Waals surface area contributed by atoms with Crippen LogP contribution in [0.5, 0.6) is 0 Å². The third-order valence-corrected chi connectivity index (χ3v) is 6.44. The van der Waals surface area contributed by atoms with Crippen molar-refractivity contribution >= 4 is 11.9 Å². The van der Waals surface area contributed by atoms with Gasteiger partial charge in [0.05, 0.1) is 41.6 Å². The van der Waals surface area contributed by atoms with Crippen molar-refractivity contribution in [2.75, 3.05) is 13.2 Å². The van der Waals surface area contributed by atoms with E-state index >= 15 is 0 Å². The molecule has 0 bridgehead atoms. The number of benzene rings is 2. The number of para-hydroxylation sites is 2. The average molecular weight is 554 g/mol. The van der Waals surface area contributed by atoms with Crippen molar-refractivity contribution in [3.63, 3.8) is 0 Å². The van der Waals surface area contributed by atoms with Crippen molar-refractivity contribution in [2.45, 2.75) is 19.8 Å². The van der Waals surface area contributed by atoms with Gasteiger partial charge >= 0.3 is 11.9 Å². The predicted molar refractivity (Wildman–Crippen MR) is 150 cm³/mol. The summed E-state index contributed by atoms with van der Waals surface area (Å²) < 4.78 is 13.0. The summed E-state index contributed by atoms with van der Waals surface area (Å²) in [5.74, 6) is -2.79. The van der Waals surface area contributed by atoms with E-state index in [4.69, 9.17) is 9.47 Å². The van der Waals surface area contributed by atoms with Gasteiger partial charge < -0.3 is 9.47 Å². The molecule has 0 unspecified atom stereocenters. The van der Waals surface area contributed by atoms with E-state index < -0.39 is 29.0 Å². The number of aromatic nitrogens is 5. The Bertz CT molecular complexity index is 1670. The molecule has 0 fully saturated rings. The quantitative estimate of drug-likeness (QED) is 0.266. The Labute approximate surface area is 234 Å². The Morgan fingerprint density at radius 3 is 1.59 bits per heavy atom. The van der Waals surface area contributed by atoms with E-state index in [1.165, 1.54) is 21.8 Å². The van der Waals surface area contributed by atoms with E-state index in [2.05, 4.69) is 15.2 Å². The second-order valence-electron chi connectivity index (χ2n) is 8.91. The Kier molecular flexibility index (Phi) is 7.77. The maximum atomic E-state index is 14.2. The van der Waals surface area contributed by atoms with E-state index in [0.717, 1.165) is 0 Å². The molecule has 2 N–H and O–H groups in total. The van der Waals surface area contributed by atoms with Gasteiger partial charge in [-0.25, -0.2) is 19.0 Å². The molecule has 11 heteroatoms. The summed E-state index contributed by atoms with van der Waals surface area (Å²) in [6, 6.07) is 20.6. The number of carbonyl (C=O) groups excluding carboxylic acids is 2. The van der Waals surface area contributed by atoms with Crippen LogP contribution in [0.3, 0.4) is 0 Å². The third kappa shape index (κ3) is 5.12. The van der Waals surface area contributed by atoms with Crippen molar-refractivity contribution in [1.29, 1.82) is 0 Å². The molecule has 0 amide bonds. The summed E-state index contributed by atoms with van der Waals surface area (Å²) in [7, 11) is 0. The smallest absolute Gasteiger partial charge is 0.356 e. The fourth-order valence-corrected chi connectivity index (χ4v) is 4.70. The number of carbonyl (C=O) groups is 2. The molecule has 3 aromatic heterocycles. The van der Waals surface area contributed by atoms with Gasteiger partial charge in [0.1, 0.15) is 0 Å². The van der Waals surface area contributed by atoms with Crippen molar-refractivity contribution in [3.05, 3.63) is 134 Å². The molecule has 0 aliphatic carbocycles. The number of pyridine rings is 1. The molecular weight excluding hydrogens is 526 g/mol. The second kappa shape index (κ2) is 11.7. The number of hydrogen-bond acceptors (Lipinski definition) is 7. The van der Waals surface area contributed by atoms with Gasteiger partial charge in [-0.1, -0.05) is 42.5 Å². The molecule has 2 aromatic carbocycles. The van der Waals surface area contributed by atoms with Crippen LogP contribution in [-0.2, 0) is 9.47 Å². The van der Waals surface area contributed by atoms with Crippen LogP contribution < -0.4 is 11.1 Å². The largest absolute Gasteiger partial charge is 0.461 e. The lowest BCUT2D eigenvalue weighted by molar-refractivity contribution is 0.0510. The highest BCUT2D eigenvalue weighted by Gasteiger charge is 2.37. The van der Waals surface area contributed by atoms with Crippen molar-refractivity contribution in [3.8, 4) is 11.4 Å². The lowest BCUT2D eigenvalue weighted by Crippen LogP contribution is -2.27. The van der Waals surface area contributed by atoms with Gasteiger partial charge in [-0.05, 0) is 49.7 Å². The number of aromatic amines is 2. The number of nitrogens with one attached hydrogen (secondary N) is 2. The van der Waals surface area contributed by atoms with Gasteiger partial charge in [0.25, 0.3) is 11.1 Å². The van der Waals surface area contributed by atoms with E-state index in [-0.39, 0.29) is 35.7 Å². The number of ether oxygens (including phenoxy) is 2. The monoisotopic (exact) mass is 553 g/mol. The highest BCUT2D eigenvalue weighted by atomic mass is 16.5. The summed E-state index contributed by atoms with van der Waals surface area (Å²) in [5.41, 5.74) is -0.362. The molecular formula is C30H27N5O6. The average Bonchev–Trinajstić information content (AvgIpc) is 3.52. The van der Waals surface area contributed by atoms with Gasteiger partial charge in [-0.2, -0.15) is 0 Å². The summed E-state index contributed by atoms with van der Waals surface area (Å²) in [6.45, 7) is 3.39. The Hall–Kier alpha value is -5.45. The van der Waals surface area contributed by atoms with E-state index in [0.29, 0.717) is 16.9 Å². The molecule has 0 spiro atoms. The Morgan fingerprint density at radius 2 is 1.20 bits per heavy atom. The maximum absolute atomic E-state index is 14.2. The van der Waals surface area contributed by atoms with Crippen molar-refractivity contribution < 1.29 is 19.1 Å². The van der Waals surface area contributed by atoms with Crippen LogP contribution >= 0.6 is 0 Å². The van der Waals surface area contributed by atoms with E-state index in [1.54, 1.807) is 86.6 Å². The molecule has 0 radical (unpaired) electrons. The van der Waals surface area contributed by atoms with Crippen molar-refractivity contribution in [2.24, 2.45) is 0 Å². The van der Waals surface area contributed by atoms with Crippen LogP contribution in [0.4, 0.5) is 0 Å². The molecule has 11 nitrogen and oxygen atoms in total. The van der Waals surface area contributed by atoms with Gasteiger partial charge in [0, 0.05) is 12.4 Å². The van der Waals surface area contributed by atoms with Gasteiger partial charge in [0.2, 0.25) is 0 Å². The van der Waals surface area contributed by atoms with Gasteiger partial charge in [0.15, 0.2) is 11.4 Å². The molecule has 5 aromatic rings. The van der Waals surface area contributed by atoms with Crippen LogP contribution in [0, 0.1) is 0 Å². The summed E-state index contributed by atoms with van der Waals surface area (Å²) >= 11 is 0. The minimum Gasteiger partial charge on any atom is -0.461 e. The zero-order valence-electron chi connectivity index (χ0n) is 22.4. The fraction of sp³-hybridized carbons (Fsp3) is 0.167. The SMILES string of the molecule is CCOC(=O)c1[nH]n(-c2ccccc2)c(=O)c1C(c1cccnc1)c1c(C(=O)OCC)[nH]n(-c2ccccc2)c1=O. The van der Waals surface area contributed by atoms with Gasteiger partial charge in [-0.15, -0.1) is 0 Å². The molecule has 0 atom stereocenters. The first-order valence-electron chi connectivity index (χ1n) is 13.0. The Morgan fingerprint density at radius 1 is 0.732 bits per heavy atom. The molecule has 0 aliphatic heterocycles. The first-order chi connectivity index (χ1) is 20.0. The number of nitrogens with zero attached hydrogens (tertiary/aromatic N) is 3. The minimum absolute atomic E-state index is 0.0490. The molecule has 41 heavy (non-hydrogen) atoms. The first-order valence-corrected chi connectivity index (χ1v) is 13.0.